The zero-order valence-corrected chi connectivity index (χ0v) is 15.3. The minimum Gasteiger partial charge on any atom is -0.321 e. The van der Waals surface area contributed by atoms with E-state index in [0.717, 1.165) is 22.5 Å². The summed E-state index contributed by atoms with van der Waals surface area (Å²) in [5.41, 5.74) is 5.68. The topological polar surface area (TPSA) is 59.8 Å². The van der Waals surface area contributed by atoms with Gasteiger partial charge in [0.1, 0.15) is 0 Å². The van der Waals surface area contributed by atoms with Crippen LogP contribution in [0.15, 0.2) is 36.4 Å². The Bertz CT molecular complexity index is 962. The molecule has 0 aliphatic carbocycles. The van der Waals surface area contributed by atoms with E-state index >= 15 is 0 Å². The molecule has 0 unspecified atom stereocenters. The second-order valence-corrected chi connectivity index (χ2v) is 6.48. The molecule has 0 fully saturated rings. The van der Waals surface area contributed by atoms with E-state index in [1.165, 1.54) is 5.56 Å². The van der Waals surface area contributed by atoms with Crippen LogP contribution in [0.3, 0.4) is 0 Å². The molecule has 1 aromatic heterocycles. The second kappa shape index (κ2) is 6.69. The number of rotatable bonds is 3. The molecule has 0 atom stereocenters. The van der Waals surface area contributed by atoms with Gasteiger partial charge in [0.15, 0.2) is 5.69 Å². The number of benzene rings is 2. The van der Waals surface area contributed by atoms with Crippen molar-refractivity contribution in [1.29, 1.82) is 0 Å². The van der Waals surface area contributed by atoms with Crippen LogP contribution < -0.4 is 5.32 Å². The summed E-state index contributed by atoms with van der Waals surface area (Å²) in [5.74, 6) is -0.285. The van der Waals surface area contributed by atoms with Gasteiger partial charge in [-0.1, -0.05) is 28.9 Å². The third kappa shape index (κ3) is 3.28. The molecule has 25 heavy (non-hydrogen) atoms. The van der Waals surface area contributed by atoms with E-state index in [0.29, 0.717) is 10.7 Å². The Morgan fingerprint density at radius 3 is 2.56 bits per heavy atom. The third-order valence-corrected chi connectivity index (χ3v) is 4.75. The van der Waals surface area contributed by atoms with Crippen LogP contribution in [0.2, 0.25) is 5.02 Å². The Balaban J connectivity index is 1.91. The molecule has 1 N–H and O–H groups in total. The van der Waals surface area contributed by atoms with Crippen molar-refractivity contribution in [2.45, 2.75) is 27.7 Å². The lowest BCUT2D eigenvalue weighted by molar-refractivity contribution is 0.102. The quantitative estimate of drug-likeness (QED) is 0.758. The average molecular weight is 355 g/mol. The van der Waals surface area contributed by atoms with Crippen molar-refractivity contribution >= 4 is 23.2 Å². The first-order valence-electron chi connectivity index (χ1n) is 7.95. The first-order valence-corrected chi connectivity index (χ1v) is 8.32. The van der Waals surface area contributed by atoms with Gasteiger partial charge >= 0.3 is 0 Å². The largest absolute Gasteiger partial charge is 0.321 e. The third-order valence-electron chi connectivity index (χ3n) is 4.34. The van der Waals surface area contributed by atoms with E-state index in [2.05, 4.69) is 15.6 Å². The van der Waals surface area contributed by atoms with Crippen LogP contribution >= 0.6 is 11.6 Å². The molecule has 3 aromatic rings. The summed E-state index contributed by atoms with van der Waals surface area (Å²) in [6, 6.07) is 11.4. The van der Waals surface area contributed by atoms with Gasteiger partial charge in [0.2, 0.25) is 0 Å². The van der Waals surface area contributed by atoms with Crippen molar-refractivity contribution < 1.29 is 4.79 Å². The molecule has 0 saturated carbocycles. The van der Waals surface area contributed by atoms with Crippen LogP contribution in [0.25, 0.3) is 5.69 Å². The van der Waals surface area contributed by atoms with Crippen LogP contribution in [-0.2, 0) is 0 Å². The van der Waals surface area contributed by atoms with Crippen LogP contribution in [0.1, 0.15) is 32.9 Å². The highest BCUT2D eigenvalue weighted by Crippen LogP contribution is 2.23. The summed E-state index contributed by atoms with van der Waals surface area (Å²) < 4.78 is 1.64. The Morgan fingerprint density at radius 2 is 1.84 bits per heavy atom. The molecular formula is C19H19ClN4O. The number of anilines is 1. The highest BCUT2D eigenvalue weighted by Gasteiger charge is 2.19. The van der Waals surface area contributed by atoms with Crippen molar-refractivity contribution in [3.8, 4) is 5.69 Å². The minimum absolute atomic E-state index is 0.285. The van der Waals surface area contributed by atoms with Crippen molar-refractivity contribution in [3.63, 3.8) is 0 Å². The Kier molecular flexibility index (Phi) is 4.59. The predicted octanol–water partition coefficient (Wildman–Crippen LogP) is 4.41. The van der Waals surface area contributed by atoms with E-state index < -0.39 is 0 Å². The van der Waals surface area contributed by atoms with E-state index in [1.54, 1.807) is 4.68 Å². The molecule has 0 radical (unpaired) electrons. The summed E-state index contributed by atoms with van der Waals surface area (Å²) in [6.45, 7) is 7.77. The zero-order chi connectivity index (χ0) is 18.1. The van der Waals surface area contributed by atoms with Crippen molar-refractivity contribution in [3.05, 3.63) is 69.5 Å². The number of carbonyl (C=O) groups excluding carboxylic acids is 1. The fraction of sp³-hybridized carbons (Fsp3) is 0.211. The molecule has 2 aromatic carbocycles. The molecule has 5 nitrogen and oxygen atoms in total. The molecule has 0 aliphatic rings. The van der Waals surface area contributed by atoms with Crippen molar-refractivity contribution in [2.75, 3.05) is 5.32 Å². The highest BCUT2D eigenvalue weighted by molar-refractivity contribution is 6.31. The molecule has 0 bridgehead atoms. The summed E-state index contributed by atoms with van der Waals surface area (Å²) in [6.07, 6.45) is 0. The standard InChI is InChI=1S/C19H19ClN4O/c1-11-8-9-15(10-12(11)2)21-19(25)18-14(4)24(23-22-18)17-7-5-6-16(20)13(17)3/h5-10H,1-4H3,(H,21,25). The van der Waals surface area contributed by atoms with Crippen LogP contribution in [0, 0.1) is 27.7 Å². The number of carbonyl (C=O) groups is 1. The molecular weight excluding hydrogens is 336 g/mol. The summed E-state index contributed by atoms with van der Waals surface area (Å²) in [5, 5.41) is 11.7. The van der Waals surface area contributed by atoms with Gasteiger partial charge in [0, 0.05) is 10.7 Å². The minimum atomic E-state index is -0.285. The number of halogens is 1. The summed E-state index contributed by atoms with van der Waals surface area (Å²) in [7, 11) is 0. The number of nitrogens with one attached hydrogen (secondary N) is 1. The Hall–Kier alpha value is -2.66. The monoisotopic (exact) mass is 354 g/mol. The molecule has 1 heterocycles. The van der Waals surface area contributed by atoms with E-state index in [1.807, 2.05) is 64.1 Å². The van der Waals surface area contributed by atoms with Crippen LogP contribution in [0.4, 0.5) is 5.69 Å². The lowest BCUT2D eigenvalue weighted by atomic mass is 10.1. The number of hydrogen-bond donors (Lipinski definition) is 1. The van der Waals surface area contributed by atoms with Gasteiger partial charge in [-0.15, -0.1) is 5.10 Å². The fourth-order valence-electron chi connectivity index (χ4n) is 2.60. The molecule has 0 saturated heterocycles. The van der Waals surface area contributed by atoms with Gasteiger partial charge in [0.05, 0.1) is 11.4 Å². The summed E-state index contributed by atoms with van der Waals surface area (Å²) in [4.78, 5) is 12.6. The summed E-state index contributed by atoms with van der Waals surface area (Å²) >= 11 is 6.18. The van der Waals surface area contributed by atoms with Gasteiger partial charge in [-0.3, -0.25) is 4.79 Å². The van der Waals surface area contributed by atoms with Gasteiger partial charge in [0.25, 0.3) is 5.91 Å². The first-order chi connectivity index (χ1) is 11.9. The lowest BCUT2D eigenvalue weighted by Gasteiger charge is -2.09. The van der Waals surface area contributed by atoms with Gasteiger partial charge in [-0.05, 0) is 68.7 Å². The number of aryl methyl sites for hydroxylation is 2. The maximum atomic E-state index is 12.6. The molecule has 3 rings (SSSR count). The van der Waals surface area contributed by atoms with E-state index in [-0.39, 0.29) is 11.6 Å². The smallest absolute Gasteiger partial charge is 0.278 e. The average Bonchev–Trinajstić information content (AvgIpc) is 2.95. The van der Waals surface area contributed by atoms with E-state index in [4.69, 9.17) is 11.6 Å². The van der Waals surface area contributed by atoms with Crippen LogP contribution in [-0.4, -0.2) is 20.9 Å². The maximum absolute atomic E-state index is 12.6. The molecule has 128 valence electrons. The van der Waals surface area contributed by atoms with Gasteiger partial charge in [-0.25, -0.2) is 4.68 Å². The lowest BCUT2D eigenvalue weighted by Crippen LogP contribution is -2.14. The number of aromatic nitrogens is 3. The number of amides is 1. The molecule has 0 aliphatic heterocycles. The second-order valence-electron chi connectivity index (χ2n) is 6.07. The number of nitrogens with zero attached hydrogens (tertiary/aromatic N) is 3. The molecule has 1 amide bonds. The van der Waals surface area contributed by atoms with E-state index in [9.17, 15) is 4.79 Å². The highest BCUT2D eigenvalue weighted by atomic mass is 35.5. The van der Waals surface area contributed by atoms with Crippen molar-refractivity contribution in [1.82, 2.24) is 15.0 Å². The number of hydrogen-bond acceptors (Lipinski definition) is 3. The van der Waals surface area contributed by atoms with Gasteiger partial charge < -0.3 is 5.32 Å². The van der Waals surface area contributed by atoms with Gasteiger partial charge in [-0.2, -0.15) is 0 Å². The van der Waals surface area contributed by atoms with Crippen molar-refractivity contribution in [2.24, 2.45) is 0 Å². The Labute approximate surface area is 151 Å². The molecule has 6 heteroatoms. The maximum Gasteiger partial charge on any atom is 0.278 e. The first kappa shape index (κ1) is 17.2. The fourth-order valence-corrected chi connectivity index (χ4v) is 2.77. The Morgan fingerprint density at radius 1 is 1.08 bits per heavy atom. The predicted molar refractivity (Wildman–Crippen MR) is 99.7 cm³/mol. The molecule has 0 spiro atoms. The SMILES string of the molecule is Cc1ccc(NC(=O)c2nnn(-c3cccc(Cl)c3C)c2C)cc1C. The normalized spacial score (nSPS) is 10.8. The van der Waals surface area contributed by atoms with Crippen LogP contribution in [0.5, 0.6) is 0 Å². The zero-order valence-electron chi connectivity index (χ0n) is 14.6.